The number of rotatable bonds is 14. The van der Waals surface area contributed by atoms with Crippen molar-refractivity contribution in [3.05, 3.63) is 59.1 Å². The highest BCUT2D eigenvalue weighted by Crippen LogP contribution is 2.17. The molecule has 0 bridgehead atoms. The van der Waals surface area contributed by atoms with Gasteiger partial charge in [-0.3, -0.25) is 14.4 Å². The number of likely N-dealkylation sites (tertiary alicyclic amines) is 1. The first kappa shape index (κ1) is 27.3. The number of hydrogen-bond donors (Lipinski definition) is 4. The van der Waals surface area contributed by atoms with Crippen molar-refractivity contribution in [2.45, 2.75) is 38.3 Å². The number of carbonyl (C=O) groups excluding carboxylic acids is 2. The smallest absolute Gasteiger partial charge is 0.303 e. The molecule has 2 aromatic rings. The van der Waals surface area contributed by atoms with Gasteiger partial charge in [-0.2, -0.15) is 0 Å². The van der Waals surface area contributed by atoms with Crippen molar-refractivity contribution in [3.63, 3.8) is 0 Å². The summed E-state index contributed by atoms with van der Waals surface area (Å²) >= 11 is 6.02. The van der Waals surface area contributed by atoms with E-state index in [1.54, 1.807) is 48.5 Å². The lowest BCUT2D eigenvalue weighted by Crippen LogP contribution is -2.52. The average Bonchev–Trinajstić information content (AvgIpc) is 3.36. The first-order chi connectivity index (χ1) is 17.4. The molecule has 0 spiro atoms. The third kappa shape index (κ3) is 9.75. The van der Waals surface area contributed by atoms with Gasteiger partial charge in [-0.25, -0.2) is 0 Å². The largest absolute Gasteiger partial charge is 0.494 e. The van der Waals surface area contributed by atoms with Crippen molar-refractivity contribution >= 4 is 35.1 Å². The fourth-order valence-electron chi connectivity index (χ4n) is 3.88. The van der Waals surface area contributed by atoms with Crippen molar-refractivity contribution in [2.75, 3.05) is 38.1 Å². The molecular formula is C26H33ClN4O5. The quantitative estimate of drug-likeness (QED) is 0.225. The molecule has 1 saturated heterocycles. The Balaban J connectivity index is 1.57. The predicted octanol–water partition coefficient (Wildman–Crippen LogP) is 2.89. The van der Waals surface area contributed by atoms with Gasteiger partial charge in [-0.1, -0.05) is 23.7 Å². The van der Waals surface area contributed by atoms with Gasteiger partial charge in [0.1, 0.15) is 5.75 Å². The van der Waals surface area contributed by atoms with E-state index in [2.05, 4.69) is 20.9 Å². The number of aliphatic carboxylic acids is 1. The highest BCUT2D eigenvalue weighted by atomic mass is 35.5. The van der Waals surface area contributed by atoms with Crippen LogP contribution in [-0.4, -0.2) is 66.7 Å². The van der Waals surface area contributed by atoms with Crippen LogP contribution in [0.2, 0.25) is 5.02 Å². The van der Waals surface area contributed by atoms with Crippen LogP contribution in [0.25, 0.3) is 0 Å². The van der Waals surface area contributed by atoms with Crippen LogP contribution in [0.3, 0.4) is 0 Å². The maximum Gasteiger partial charge on any atom is 0.303 e. The number of benzene rings is 2. The van der Waals surface area contributed by atoms with Gasteiger partial charge in [0.2, 0.25) is 5.91 Å². The maximum atomic E-state index is 13.0. The van der Waals surface area contributed by atoms with Crippen LogP contribution < -0.4 is 20.7 Å². The summed E-state index contributed by atoms with van der Waals surface area (Å²) in [5.41, 5.74) is 1.37. The van der Waals surface area contributed by atoms with Gasteiger partial charge < -0.3 is 30.7 Å². The van der Waals surface area contributed by atoms with E-state index in [1.807, 2.05) is 0 Å². The number of ether oxygens (including phenoxy) is 1. The van der Waals surface area contributed by atoms with E-state index in [-0.39, 0.29) is 24.7 Å². The SMILES string of the molecule is O=C(O)CCCOc1ccc(NC(NC(=O)Cc2cccc(Cl)c2)C(=O)NCCN2CCCC2)cc1. The molecule has 1 fully saturated rings. The molecule has 0 saturated carbocycles. The molecule has 1 heterocycles. The highest BCUT2D eigenvalue weighted by molar-refractivity contribution is 6.30. The van der Waals surface area contributed by atoms with Crippen LogP contribution in [0, 0.1) is 0 Å². The number of carbonyl (C=O) groups is 3. The van der Waals surface area contributed by atoms with Crippen molar-refractivity contribution in [1.82, 2.24) is 15.5 Å². The zero-order chi connectivity index (χ0) is 25.8. The van der Waals surface area contributed by atoms with Gasteiger partial charge in [0.05, 0.1) is 13.0 Å². The van der Waals surface area contributed by atoms with E-state index in [0.717, 1.165) is 25.2 Å². The number of carboxylic acid groups (broad SMARTS) is 1. The Kier molecular flexibility index (Phi) is 10.8. The van der Waals surface area contributed by atoms with Crippen LogP contribution in [0.15, 0.2) is 48.5 Å². The number of nitrogens with zero attached hydrogens (tertiary/aromatic N) is 1. The van der Waals surface area contributed by atoms with E-state index in [9.17, 15) is 14.4 Å². The zero-order valence-corrected chi connectivity index (χ0v) is 20.9. The van der Waals surface area contributed by atoms with Crippen LogP contribution in [0.4, 0.5) is 5.69 Å². The fourth-order valence-corrected chi connectivity index (χ4v) is 4.10. The highest BCUT2D eigenvalue weighted by Gasteiger charge is 2.21. The molecule has 4 N–H and O–H groups in total. The number of anilines is 1. The molecule has 194 valence electrons. The third-order valence-electron chi connectivity index (χ3n) is 5.72. The van der Waals surface area contributed by atoms with Gasteiger partial charge in [0.25, 0.3) is 5.91 Å². The lowest BCUT2D eigenvalue weighted by atomic mass is 10.1. The Morgan fingerprint density at radius 1 is 1.08 bits per heavy atom. The Hall–Kier alpha value is -3.30. The molecule has 1 atom stereocenters. The second-order valence-electron chi connectivity index (χ2n) is 8.66. The molecule has 36 heavy (non-hydrogen) atoms. The molecular weight excluding hydrogens is 484 g/mol. The molecule has 0 radical (unpaired) electrons. The fraction of sp³-hybridized carbons (Fsp3) is 0.423. The van der Waals surface area contributed by atoms with Crippen LogP contribution >= 0.6 is 11.6 Å². The van der Waals surface area contributed by atoms with Gasteiger partial charge in [-0.05, 0) is 74.3 Å². The number of carboxylic acids is 1. The minimum Gasteiger partial charge on any atom is -0.494 e. The summed E-state index contributed by atoms with van der Waals surface area (Å²) in [6.07, 6.45) is 1.92. The van der Waals surface area contributed by atoms with Gasteiger partial charge >= 0.3 is 5.97 Å². The maximum absolute atomic E-state index is 13.0. The monoisotopic (exact) mass is 516 g/mol. The van der Waals surface area contributed by atoms with E-state index < -0.39 is 12.1 Å². The molecule has 2 amide bonds. The second-order valence-corrected chi connectivity index (χ2v) is 9.10. The molecule has 1 aliphatic rings. The topological polar surface area (TPSA) is 120 Å². The van der Waals surface area contributed by atoms with Gasteiger partial charge in [0, 0.05) is 30.2 Å². The standard InChI is InChI=1S/C26H33ClN4O5/c27-20-6-3-5-19(17-20)18-23(32)30-25(26(35)28-12-15-31-13-1-2-14-31)29-21-8-10-22(11-9-21)36-16-4-7-24(33)34/h3,5-6,8-11,17,25,29H,1-2,4,7,12-16,18H2,(H,28,35)(H,30,32)(H,33,34). The van der Waals surface area contributed by atoms with Crippen LogP contribution in [0.1, 0.15) is 31.2 Å². The predicted molar refractivity (Wildman–Crippen MR) is 138 cm³/mol. The molecule has 0 aromatic heterocycles. The van der Waals surface area contributed by atoms with Crippen molar-refractivity contribution in [2.24, 2.45) is 0 Å². The molecule has 2 aromatic carbocycles. The molecule has 9 nitrogen and oxygen atoms in total. The lowest BCUT2D eigenvalue weighted by Gasteiger charge is -2.22. The lowest BCUT2D eigenvalue weighted by molar-refractivity contribution is -0.137. The van der Waals surface area contributed by atoms with E-state index in [1.165, 1.54) is 12.8 Å². The summed E-state index contributed by atoms with van der Waals surface area (Å²) in [6, 6.07) is 13.9. The normalized spacial score (nSPS) is 14.1. The molecule has 1 aliphatic heterocycles. The van der Waals surface area contributed by atoms with Crippen molar-refractivity contribution < 1.29 is 24.2 Å². The first-order valence-corrected chi connectivity index (χ1v) is 12.5. The summed E-state index contributed by atoms with van der Waals surface area (Å²) in [5.74, 6) is -0.923. The number of amides is 2. The number of halogens is 1. The van der Waals surface area contributed by atoms with Crippen LogP contribution in [0.5, 0.6) is 5.75 Å². The average molecular weight is 517 g/mol. The minimum atomic E-state index is -0.974. The number of nitrogens with one attached hydrogen (secondary N) is 3. The van der Waals surface area contributed by atoms with E-state index in [4.69, 9.17) is 21.4 Å². The minimum absolute atomic E-state index is 0.0447. The summed E-state index contributed by atoms with van der Waals surface area (Å²) in [5, 5.41) is 18.0. The second kappa shape index (κ2) is 14.3. The van der Waals surface area contributed by atoms with Crippen molar-refractivity contribution in [3.8, 4) is 5.75 Å². The van der Waals surface area contributed by atoms with Crippen LogP contribution in [-0.2, 0) is 20.8 Å². The van der Waals surface area contributed by atoms with Gasteiger partial charge in [-0.15, -0.1) is 0 Å². The van der Waals surface area contributed by atoms with E-state index >= 15 is 0 Å². The zero-order valence-electron chi connectivity index (χ0n) is 20.2. The Morgan fingerprint density at radius 2 is 1.83 bits per heavy atom. The van der Waals surface area contributed by atoms with E-state index in [0.29, 0.717) is 36.0 Å². The number of hydrogen-bond acceptors (Lipinski definition) is 6. The summed E-state index contributed by atoms with van der Waals surface area (Å²) < 4.78 is 5.55. The van der Waals surface area contributed by atoms with Gasteiger partial charge in [0.15, 0.2) is 6.17 Å². The summed E-state index contributed by atoms with van der Waals surface area (Å²) in [7, 11) is 0. The Bertz CT molecular complexity index is 1010. The molecule has 10 heteroatoms. The first-order valence-electron chi connectivity index (χ1n) is 12.1. The third-order valence-corrected chi connectivity index (χ3v) is 5.95. The van der Waals surface area contributed by atoms with Crippen molar-refractivity contribution in [1.29, 1.82) is 0 Å². The molecule has 3 rings (SSSR count). The molecule has 1 unspecified atom stereocenters. The Morgan fingerprint density at radius 3 is 2.53 bits per heavy atom. The molecule has 0 aliphatic carbocycles. The summed E-state index contributed by atoms with van der Waals surface area (Å²) in [6.45, 7) is 3.63. The Labute approximate surface area is 216 Å². The summed E-state index contributed by atoms with van der Waals surface area (Å²) in [4.78, 5) is 38.6.